The van der Waals surface area contributed by atoms with E-state index >= 15 is 0 Å². The molecule has 4 heterocycles. The molecular weight excluding hydrogens is 469 g/mol. The molecule has 2 aromatic heterocycles. The zero-order valence-electron chi connectivity index (χ0n) is 20.9. The molecule has 3 fully saturated rings. The van der Waals surface area contributed by atoms with E-state index in [2.05, 4.69) is 40.4 Å². The SMILES string of the molecule is Cc1cc2cnc(NC(=O)C3CC3c3ccccn3)cc2cc1C1CCN(C2(C#N)COCC2F)CC1. The maximum Gasteiger partial charge on any atom is 0.229 e. The van der Waals surface area contributed by atoms with Crippen molar-refractivity contribution in [3.63, 3.8) is 0 Å². The van der Waals surface area contributed by atoms with Crippen molar-refractivity contribution in [1.29, 1.82) is 5.26 Å². The number of likely N-dealkylation sites (tertiary alicyclic amines) is 1. The molecule has 4 atom stereocenters. The molecule has 2 aliphatic heterocycles. The molecule has 0 radical (unpaired) electrons. The van der Waals surface area contributed by atoms with Crippen LogP contribution in [0.5, 0.6) is 0 Å². The van der Waals surface area contributed by atoms with Gasteiger partial charge in [0.1, 0.15) is 5.82 Å². The standard InChI is InChI=1S/C29H30FN5O2/c1-18-10-21-14-33-27(34-28(36)24-13-23(24)25-4-2-3-7-32-25)12-20(21)11-22(18)19-5-8-35(9-6-19)29(16-31)17-37-15-26(29)30/h2-4,7,10-12,14,19,23-24,26H,5-6,8-9,13,15,17H2,1H3,(H,33,34,36). The quantitative estimate of drug-likeness (QED) is 0.556. The van der Waals surface area contributed by atoms with Crippen molar-refractivity contribution in [3.8, 4) is 6.07 Å². The highest BCUT2D eigenvalue weighted by Crippen LogP contribution is 2.47. The fraction of sp³-hybridized carbons (Fsp3) is 0.448. The number of nitrogens with zero attached hydrogens (tertiary/aromatic N) is 4. The van der Waals surface area contributed by atoms with Crippen LogP contribution in [0.2, 0.25) is 0 Å². The van der Waals surface area contributed by atoms with E-state index in [0.29, 0.717) is 24.8 Å². The molecule has 1 saturated carbocycles. The highest BCUT2D eigenvalue weighted by molar-refractivity contribution is 5.96. The summed E-state index contributed by atoms with van der Waals surface area (Å²) in [6, 6.07) is 14.3. The number of carbonyl (C=O) groups excluding carboxylic acids is 1. The number of nitriles is 1. The molecule has 1 amide bonds. The number of piperidine rings is 1. The van der Waals surface area contributed by atoms with E-state index in [1.807, 2.05) is 35.4 Å². The first kappa shape index (κ1) is 24.0. The predicted octanol–water partition coefficient (Wildman–Crippen LogP) is 4.49. The maximum absolute atomic E-state index is 14.5. The Balaban J connectivity index is 1.15. The number of ether oxygens (including phenoxy) is 1. The number of anilines is 1. The second-order valence-corrected chi connectivity index (χ2v) is 10.6. The van der Waals surface area contributed by atoms with Gasteiger partial charge in [-0.2, -0.15) is 5.26 Å². The molecule has 4 unspecified atom stereocenters. The highest BCUT2D eigenvalue weighted by Gasteiger charge is 2.51. The van der Waals surface area contributed by atoms with Crippen LogP contribution in [-0.4, -0.2) is 58.8 Å². The van der Waals surface area contributed by atoms with Gasteiger partial charge >= 0.3 is 0 Å². The fourth-order valence-corrected chi connectivity index (χ4v) is 6.06. The van der Waals surface area contributed by atoms with E-state index in [0.717, 1.165) is 35.7 Å². The minimum atomic E-state index is -1.27. The van der Waals surface area contributed by atoms with Crippen LogP contribution in [0, 0.1) is 24.2 Å². The minimum Gasteiger partial charge on any atom is -0.375 e. The van der Waals surface area contributed by atoms with Crippen LogP contribution in [0.15, 0.2) is 48.8 Å². The average molecular weight is 500 g/mol. The first-order chi connectivity index (χ1) is 18.0. The number of amides is 1. The Morgan fingerprint density at radius 2 is 2.05 bits per heavy atom. The van der Waals surface area contributed by atoms with Crippen LogP contribution < -0.4 is 5.32 Å². The summed E-state index contributed by atoms with van der Waals surface area (Å²) in [5.74, 6) is 0.965. The average Bonchev–Trinajstić information content (AvgIpc) is 3.65. The lowest BCUT2D eigenvalue weighted by molar-refractivity contribution is -0.117. The third kappa shape index (κ3) is 4.36. The van der Waals surface area contributed by atoms with Gasteiger partial charge in [-0.1, -0.05) is 12.1 Å². The molecule has 37 heavy (non-hydrogen) atoms. The van der Waals surface area contributed by atoms with E-state index in [9.17, 15) is 14.4 Å². The van der Waals surface area contributed by atoms with Crippen LogP contribution in [0.3, 0.4) is 0 Å². The first-order valence-corrected chi connectivity index (χ1v) is 13.0. The molecule has 0 bridgehead atoms. The number of benzene rings is 1. The number of halogens is 1. The Labute approximate surface area is 215 Å². The summed E-state index contributed by atoms with van der Waals surface area (Å²) in [7, 11) is 0. The molecule has 190 valence electrons. The monoisotopic (exact) mass is 499 g/mol. The summed E-state index contributed by atoms with van der Waals surface area (Å²) >= 11 is 0. The van der Waals surface area contributed by atoms with Crippen molar-refractivity contribution in [3.05, 3.63) is 65.6 Å². The van der Waals surface area contributed by atoms with Gasteiger partial charge in [0.15, 0.2) is 11.7 Å². The summed E-state index contributed by atoms with van der Waals surface area (Å²) in [6.07, 6.45) is 4.82. The topological polar surface area (TPSA) is 91.1 Å². The van der Waals surface area contributed by atoms with Crippen molar-refractivity contribution in [1.82, 2.24) is 14.9 Å². The molecule has 1 N–H and O–H groups in total. The maximum atomic E-state index is 14.5. The second-order valence-electron chi connectivity index (χ2n) is 10.6. The van der Waals surface area contributed by atoms with Gasteiger partial charge in [0.05, 0.1) is 19.3 Å². The Kier molecular flexibility index (Phi) is 6.13. The lowest BCUT2D eigenvalue weighted by atomic mass is 9.83. The molecule has 6 rings (SSSR count). The summed E-state index contributed by atoms with van der Waals surface area (Å²) in [6.45, 7) is 3.57. The lowest BCUT2D eigenvalue weighted by Crippen LogP contribution is -2.56. The van der Waals surface area contributed by atoms with Crippen molar-refractivity contribution in [2.75, 3.05) is 31.6 Å². The highest BCUT2D eigenvalue weighted by atomic mass is 19.1. The van der Waals surface area contributed by atoms with Crippen LogP contribution >= 0.6 is 0 Å². The normalized spacial score (nSPS) is 28.2. The van der Waals surface area contributed by atoms with Gasteiger partial charge in [0, 0.05) is 48.4 Å². The van der Waals surface area contributed by atoms with Crippen LogP contribution in [0.25, 0.3) is 10.8 Å². The van der Waals surface area contributed by atoms with Crippen LogP contribution in [-0.2, 0) is 9.53 Å². The zero-order chi connectivity index (χ0) is 25.6. The Morgan fingerprint density at radius 1 is 1.22 bits per heavy atom. The van der Waals surface area contributed by atoms with Gasteiger partial charge in [-0.05, 0) is 72.9 Å². The smallest absolute Gasteiger partial charge is 0.229 e. The van der Waals surface area contributed by atoms with E-state index in [4.69, 9.17) is 4.74 Å². The van der Waals surface area contributed by atoms with Crippen molar-refractivity contribution >= 4 is 22.5 Å². The second kappa shape index (κ2) is 9.47. The number of fused-ring (bicyclic) bond motifs is 1. The first-order valence-electron chi connectivity index (χ1n) is 13.0. The molecule has 3 aromatic rings. The Morgan fingerprint density at radius 3 is 2.76 bits per heavy atom. The molecule has 3 aliphatic rings. The van der Waals surface area contributed by atoms with E-state index < -0.39 is 11.7 Å². The molecule has 8 heteroatoms. The van der Waals surface area contributed by atoms with E-state index in [1.165, 1.54) is 11.1 Å². The molecule has 1 aliphatic carbocycles. The lowest BCUT2D eigenvalue weighted by Gasteiger charge is -2.41. The number of alkyl halides is 1. The number of hydrogen-bond acceptors (Lipinski definition) is 6. The molecule has 2 saturated heterocycles. The van der Waals surface area contributed by atoms with Gasteiger partial charge in [-0.15, -0.1) is 0 Å². The Bertz CT molecular complexity index is 1370. The fourth-order valence-electron chi connectivity index (χ4n) is 6.06. The third-order valence-corrected chi connectivity index (χ3v) is 8.35. The van der Waals surface area contributed by atoms with Gasteiger partial charge < -0.3 is 10.1 Å². The van der Waals surface area contributed by atoms with Crippen LogP contribution in [0.1, 0.15) is 47.9 Å². The van der Waals surface area contributed by atoms with Gasteiger partial charge in [0.25, 0.3) is 0 Å². The third-order valence-electron chi connectivity index (χ3n) is 8.35. The van der Waals surface area contributed by atoms with E-state index in [-0.39, 0.29) is 31.0 Å². The summed E-state index contributed by atoms with van der Waals surface area (Å²) < 4.78 is 19.9. The number of aromatic nitrogens is 2. The number of pyridine rings is 2. The molecule has 1 aromatic carbocycles. The summed E-state index contributed by atoms with van der Waals surface area (Å²) in [5.41, 5.74) is 2.27. The van der Waals surface area contributed by atoms with Crippen molar-refractivity contribution < 1.29 is 13.9 Å². The van der Waals surface area contributed by atoms with Gasteiger partial charge in [0.2, 0.25) is 5.91 Å². The van der Waals surface area contributed by atoms with Gasteiger partial charge in [-0.25, -0.2) is 9.37 Å². The number of nitrogens with one attached hydrogen (secondary N) is 1. The number of carbonyl (C=O) groups is 1. The molecular formula is C29H30FN5O2. The van der Waals surface area contributed by atoms with Crippen molar-refractivity contribution in [2.45, 2.75) is 49.7 Å². The molecule has 0 spiro atoms. The zero-order valence-corrected chi connectivity index (χ0v) is 20.9. The summed E-state index contributed by atoms with van der Waals surface area (Å²) in [4.78, 5) is 23.7. The van der Waals surface area contributed by atoms with Crippen molar-refractivity contribution in [2.24, 2.45) is 5.92 Å². The Hall–Kier alpha value is -3.41. The van der Waals surface area contributed by atoms with E-state index in [1.54, 1.807) is 6.20 Å². The predicted molar refractivity (Wildman–Crippen MR) is 138 cm³/mol. The number of hydrogen-bond donors (Lipinski definition) is 1. The minimum absolute atomic E-state index is 0.00523. The molecule has 7 nitrogen and oxygen atoms in total. The number of rotatable bonds is 5. The van der Waals surface area contributed by atoms with Gasteiger partial charge in [-0.3, -0.25) is 14.7 Å². The van der Waals surface area contributed by atoms with Crippen LogP contribution in [0.4, 0.5) is 10.2 Å². The number of aryl methyl sites for hydroxylation is 1. The largest absolute Gasteiger partial charge is 0.375 e. The summed E-state index contributed by atoms with van der Waals surface area (Å²) in [5, 5.41) is 14.8.